The van der Waals surface area contributed by atoms with E-state index in [4.69, 9.17) is 9.47 Å². The molecule has 1 aliphatic rings. The Hall–Kier alpha value is -2.97. The summed E-state index contributed by atoms with van der Waals surface area (Å²) in [6.45, 7) is 5.74. The number of carbonyl (C=O) groups is 3. The lowest BCUT2D eigenvalue weighted by Crippen LogP contribution is -2.41. The van der Waals surface area contributed by atoms with Crippen molar-refractivity contribution in [3.8, 4) is 5.75 Å². The second kappa shape index (κ2) is 10.2. The number of nitrogens with zero attached hydrogens (tertiary/aromatic N) is 1. The summed E-state index contributed by atoms with van der Waals surface area (Å²) < 4.78 is 10.5. The van der Waals surface area contributed by atoms with Gasteiger partial charge in [-0.1, -0.05) is 0 Å². The molecule has 2 rings (SSSR count). The number of carbonyl (C=O) groups excluding carboxylic acids is 3. The Balaban J connectivity index is 1.96. The van der Waals surface area contributed by atoms with Crippen LogP contribution in [0.1, 0.15) is 25.8 Å². The first-order chi connectivity index (χ1) is 13.0. The molecule has 0 bridgehead atoms. The van der Waals surface area contributed by atoms with E-state index >= 15 is 0 Å². The van der Waals surface area contributed by atoms with Crippen molar-refractivity contribution in [2.75, 3.05) is 38.2 Å². The van der Waals surface area contributed by atoms with Crippen molar-refractivity contribution in [1.82, 2.24) is 15.5 Å². The maximum atomic E-state index is 12.4. The van der Waals surface area contributed by atoms with E-state index in [2.05, 4.69) is 16.0 Å². The van der Waals surface area contributed by atoms with E-state index in [0.29, 0.717) is 44.3 Å². The summed E-state index contributed by atoms with van der Waals surface area (Å²) in [6.07, 6.45) is 0.126. The summed E-state index contributed by atoms with van der Waals surface area (Å²) in [5.74, 6) is 0.335. The number of rotatable bonds is 6. The van der Waals surface area contributed by atoms with Gasteiger partial charge in [0.05, 0.1) is 26.1 Å². The summed E-state index contributed by atoms with van der Waals surface area (Å²) >= 11 is 0. The third-order valence-electron chi connectivity index (χ3n) is 3.83. The van der Waals surface area contributed by atoms with Crippen molar-refractivity contribution in [3.05, 3.63) is 23.8 Å². The van der Waals surface area contributed by atoms with Crippen molar-refractivity contribution in [1.29, 1.82) is 0 Å². The summed E-state index contributed by atoms with van der Waals surface area (Å²) in [4.78, 5) is 37.0. The first-order valence-corrected chi connectivity index (χ1v) is 9.02. The quantitative estimate of drug-likeness (QED) is 0.653. The average molecular weight is 378 g/mol. The van der Waals surface area contributed by atoms with Crippen LogP contribution < -0.4 is 20.7 Å². The predicted molar refractivity (Wildman–Crippen MR) is 99.7 cm³/mol. The number of hydrogen-bond acceptors (Lipinski definition) is 5. The number of fused-ring (bicyclic) bond motifs is 1. The van der Waals surface area contributed by atoms with Gasteiger partial charge in [0.1, 0.15) is 12.4 Å². The Bertz CT molecular complexity index is 680. The van der Waals surface area contributed by atoms with Crippen molar-refractivity contribution < 1.29 is 23.9 Å². The van der Waals surface area contributed by atoms with Gasteiger partial charge < -0.3 is 30.3 Å². The molecule has 1 aromatic rings. The molecule has 1 heterocycles. The van der Waals surface area contributed by atoms with E-state index in [1.165, 1.54) is 0 Å². The first kappa shape index (κ1) is 20.3. The summed E-state index contributed by atoms with van der Waals surface area (Å²) in [5, 5.41) is 8.12. The number of benzene rings is 1. The highest BCUT2D eigenvalue weighted by Crippen LogP contribution is 2.26. The molecule has 1 aromatic carbocycles. The van der Waals surface area contributed by atoms with Crippen LogP contribution in [0.3, 0.4) is 0 Å². The van der Waals surface area contributed by atoms with Crippen molar-refractivity contribution in [2.45, 2.75) is 26.8 Å². The van der Waals surface area contributed by atoms with Gasteiger partial charge in [-0.25, -0.2) is 9.59 Å². The molecule has 0 saturated carbocycles. The third kappa shape index (κ3) is 6.36. The molecular formula is C18H26N4O5. The van der Waals surface area contributed by atoms with Gasteiger partial charge in [0, 0.05) is 24.3 Å². The Morgan fingerprint density at radius 2 is 2.04 bits per heavy atom. The fourth-order valence-electron chi connectivity index (χ4n) is 2.60. The molecule has 0 aromatic heterocycles. The maximum absolute atomic E-state index is 12.4. The minimum absolute atomic E-state index is 0.126. The Labute approximate surface area is 158 Å². The maximum Gasteiger partial charge on any atom is 0.319 e. The van der Waals surface area contributed by atoms with Gasteiger partial charge in [-0.3, -0.25) is 4.79 Å². The van der Waals surface area contributed by atoms with Crippen LogP contribution in [0, 0.1) is 0 Å². The molecule has 0 saturated heterocycles. The van der Waals surface area contributed by atoms with Crippen LogP contribution in [0.25, 0.3) is 0 Å². The molecule has 1 aliphatic heterocycles. The van der Waals surface area contributed by atoms with Crippen LogP contribution in [-0.2, 0) is 16.1 Å². The lowest BCUT2D eigenvalue weighted by Gasteiger charge is -2.20. The van der Waals surface area contributed by atoms with Gasteiger partial charge in [-0.05, 0) is 32.0 Å². The molecule has 9 nitrogen and oxygen atoms in total. The third-order valence-corrected chi connectivity index (χ3v) is 3.83. The molecule has 148 valence electrons. The predicted octanol–water partition coefficient (Wildman–Crippen LogP) is 1.69. The number of amides is 4. The van der Waals surface area contributed by atoms with Crippen LogP contribution >= 0.6 is 0 Å². The summed E-state index contributed by atoms with van der Waals surface area (Å²) in [5.41, 5.74) is 1.41. The summed E-state index contributed by atoms with van der Waals surface area (Å²) in [6, 6.07) is 4.75. The van der Waals surface area contributed by atoms with E-state index < -0.39 is 0 Å². The first-order valence-electron chi connectivity index (χ1n) is 9.02. The van der Waals surface area contributed by atoms with Gasteiger partial charge in [0.2, 0.25) is 0 Å². The smallest absolute Gasteiger partial charge is 0.319 e. The highest BCUT2D eigenvalue weighted by Gasteiger charge is 2.20. The lowest BCUT2D eigenvalue weighted by molar-refractivity contribution is -0.142. The fourth-order valence-corrected chi connectivity index (χ4v) is 2.60. The number of nitrogens with one attached hydrogen (secondary N) is 3. The summed E-state index contributed by atoms with van der Waals surface area (Å²) in [7, 11) is 0. The van der Waals surface area contributed by atoms with Crippen LogP contribution in [0.4, 0.5) is 15.3 Å². The number of esters is 1. The molecular weight excluding hydrogens is 352 g/mol. The second-order valence-electron chi connectivity index (χ2n) is 5.86. The van der Waals surface area contributed by atoms with E-state index in [9.17, 15) is 14.4 Å². The monoisotopic (exact) mass is 378 g/mol. The van der Waals surface area contributed by atoms with Gasteiger partial charge >= 0.3 is 18.0 Å². The Morgan fingerprint density at radius 3 is 2.78 bits per heavy atom. The van der Waals surface area contributed by atoms with E-state index in [0.717, 1.165) is 5.56 Å². The Morgan fingerprint density at radius 1 is 1.22 bits per heavy atom. The van der Waals surface area contributed by atoms with Crippen molar-refractivity contribution in [2.24, 2.45) is 0 Å². The van der Waals surface area contributed by atoms with E-state index in [-0.39, 0.29) is 31.0 Å². The molecule has 0 radical (unpaired) electrons. The van der Waals surface area contributed by atoms with Crippen LogP contribution in [0.2, 0.25) is 0 Å². The number of urea groups is 2. The molecule has 0 unspecified atom stereocenters. The highest BCUT2D eigenvalue weighted by atomic mass is 16.5. The standard InChI is InChI=1S/C18H26N4O5/c1-3-19-17(24)21-14-5-6-15-13(11-14)12-22(9-10-27-15)18(25)20-8-7-16(23)26-4-2/h5-6,11H,3-4,7-10,12H2,1-2H3,(H,20,25)(H2,19,21,24). The normalized spacial score (nSPS) is 12.9. The molecule has 4 amide bonds. The van der Waals surface area contributed by atoms with Gasteiger partial charge in [0.15, 0.2) is 0 Å². The largest absolute Gasteiger partial charge is 0.491 e. The van der Waals surface area contributed by atoms with Crippen molar-refractivity contribution in [3.63, 3.8) is 0 Å². The fraction of sp³-hybridized carbons (Fsp3) is 0.500. The minimum Gasteiger partial charge on any atom is -0.491 e. The highest BCUT2D eigenvalue weighted by molar-refractivity contribution is 5.89. The topological polar surface area (TPSA) is 109 Å². The number of hydrogen-bond donors (Lipinski definition) is 3. The molecule has 27 heavy (non-hydrogen) atoms. The molecule has 0 spiro atoms. The van der Waals surface area contributed by atoms with Crippen LogP contribution in [-0.4, -0.2) is 55.8 Å². The second-order valence-corrected chi connectivity index (χ2v) is 5.86. The molecule has 9 heteroatoms. The van der Waals surface area contributed by atoms with Gasteiger partial charge in [0.25, 0.3) is 0 Å². The van der Waals surface area contributed by atoms with Crippen LogP contribution in [0.5, 0.6) is 5.75 Å². The van der Waals surface area contributed by atoms with E-state index in [1.807, 2.05) is 6.92 Å². The molecule has 0 aliphatic carbocycles. The van der Waals surface area contributed by atoms with Crippen molar-refractivity contribution >= 4 is 23.7 Å². The minimum atomic E-state index is -0.344. The molecule has 3 N–H and O–H groups in total. The Kier molecular flexibility index (Phi) is 7.72. The zero-order valence-corrected chi connectivity index (χ0v) is 15.7. The zero-order valence-electron chi connectivity index (χ0n) is 15.7. The SMILES string of the molecule is CCNC(=O)Nc1ccc2c(c1)CN(C(=O)NCCC(=O)OCC)CCO2. The van der Waals surface area contributed by atoms with Gasteiger partial charge in [-0.15, -0.1) is 0 Å². The number of anilines is 1. The van der Waals surface area contributed by atoms with E-state index in [1.54, 1.807) is 30.0 Å². The molecule has 0 fully saturated rings. The number of ether oxygens (including phenoxy) is 2. The lowest BCUT2D eigenvalue weighted by atomic mass is 10.1. The van der Waals surface area contributed by atoms with Crippen LogP contribution in [0.15, 0.2) is 18.2 Å². The zero-order chi connectivity index (χ0) is 19.6. The average Bonchev–Trinajstić information content (AvgIpc) is 2.84. The molecule has 0 atom stereocenters. The van der Waals surface area contributed by atoms with Gasteiger partial charge in [-0.2, -0.15) is 0 Å².